The zero-order valence-electron chi connectivity index (χ0n) is 12.1. The van der Waals surface area contributed by atoms with Crippen LogP contribution < -0.4 is 10.6 Å². The molecule has 0 spiro atoms. The lowest BCUT2D eigenvalue weighted by Gasteiger charge is -2.26. The van der Waals surface area contributed by atoms with Gasteiger partial charge in [0.05, 0.1) is 11.7 Å². The van der Waals surface area contributed by atoms with Gasteiger partial charge < -0.3 is 15.1 Å². The highest BCUT2D eigenvalue weighted by Gasteiger charge is 2.38. The molecule has 1 aromatic carbocycles. The van der Waals surface area contributed by atoms with Gasteiger partial charge in [0.25, 0.3) is 0 Å². The maximum atomic E-state index is 12.5. The van der Waals surface area contributed by atoms with Crippen molar-refractivity contribution in [2.45, 2.75) is 31.7 Å². The zero-order valence-corrected chi connectivity index (χ0v) is 12.1. The molecule has 5 nitrogen and oxygen atoms in total. The first kappa shape index (κ1) is 13.8. The fourth-order valence-electron chi connectivity index (χ4n) is 2.79. The number of carbonyl (C=O) groups excluding carboxylic acids is 1. The van der Waals surface area contributed by atoms with Gasteiger partial charge in [0.15, 0.2) is 12.2 Å². The zero-order chi connectivity index (χ0) is 14.7. The van der Waals surface area contributed by atoms with Gasteiger partial charge in [-0.1, -0.05) is 6.92 Å². The largest absolute Gasteiger partial charge is 0.444 e. The minimum Gasteiger partial charge on any atom is -0.444 e. The number of oxazole rings is 1. The summed E-state index contributed by atoms with van der Waals surface area (Å²) in [5.74, 6) is 0.769. The molecular formula is C16H19N3O2. The number of hydrogen-bond acceptors (Lipinski definition) is 4. The topological polar surface area (TPSA) is 67.2 Å². The second-order valence-corrected chi connectivity index (χ2v) is 5.36. The molecular weight excluding hydrogens is 266 g/mol. The predicted molar refractivity (Wildman–Crippen MR) is 80.8 cm³/mol. The van der Waals surface area contributed by atoms with E-state index < -0.39 is 5.54 Å². The Morgan fingerprint density at radius 3 is 2.81 bits per heavy atom. The van der Waals surface area contributed by atoms with Crippen molar-refractivity contribution in [2.24, 2.45) is 0 Å². The number of carbonyl (C=O) groups is 1. The Morgan fingerprint density at radius 1 is 1.43 bits per heavy atom. The van der Waals surface area contributed by atoms with Crippen LogP contribution in [-0.4, -0.2) is 23.0 Å². The van der Waals surface area contributed by atoms with Crippen molar-refractivity contribution in [2.75, 3.05) is 11.9 Å². The molecule has 5 heteroatoms. The summed E-state index contributed by atoms with van der Waals surface area (Å²) in [6.45, 7) is 2.95. The average Bonchev–Trinajstić information content (AvgIpc) is 3.20. The van der Waals surface area contributed by atoms with Crippen LogP contribution in [0.5, 0.6) is 0 Å². The van der Waals surface area contributed by atoms with E-state index in [1.54, 1.807) is 6.20 Å². The lowest BCUT2D eigenvalue weighted by molar-refractivity contribution is -0.122. The molecule has 1 saturated heterocycles. The van der Waals surface area contributed by atoms with Gasteiger partial charge in [-0.25, -0.2) is 4.98 Å². The molecule has 0 aliphatic carbocycles. The van der Waals surface area contributed by atoms with Crippen molar-refractivity contribution in [3.63, 3.8) is 0 Å². The molecule has 2 aromatic rings. The van der Waals surface area contributed by atoms with E-state index in [0.29, 0.717) is 0 Å². The number of rotatable bonds is 4. The van der Waals surface area contributed by atoms with Gasteiger partial charge >= 0.3 is 0 Å². The van der Waals surface area contributed by atoms with Crippen LogP contribution in [0.1, 0.15) is 26.2 Å². The normalized spacial score (nSPS) is 21.4. The Bertz CT molecular complexity index is 599. The third-order valence-electron chi connectivity index (χ3n) is 4.14. The number of amides is 1. The van der Waals surface area contributed by atoms with E-state index in [4.69, 9.17) is 4.42 Å². The van der Waals surface area contributed by atoms with Crippen molar-refractivity contribution in [1.29, 1.82) is 0 Å². The summed E-state index contributed by atoms with van der Waals surface area (Å²) in [5, 5.41) is 6.34. The van der Waals surface area contributed by atoms with Gasteiger partial charge in [-0.15, -0.1) is 0 Å². The Hall–Kier alpha value is -2.14. The Labute approximate surface area is 123 Å². The molecule has 0 radical (unpaired) electrons. The highest BCUT2D eigenvalue weighted by molar-refractivity contribution is 5.98. The van der Waals surface area contributed by atoms with Crippen molar-refractivity contribution in [3.05, 3.63) is 36.9 Å². The van der Waals surface area contributed by atoms with E-state index in [1.807, 2.05) is 31.2 Å². The molecule has 0 bridgehead atoms. The Balaban J connectivity index is 1.72. The molecule has 110 valence electrons. The maximum absolute atomic E-state index is 12.5. The summed E-state index contributed by atoms with van der Waals surface area (Å²) in [6.07, 6.45) is 5.82. The number of anilines is 1. The fraction of sp³-hybridized carbons (Fsp3) is 0.375. The monoisotopic (exact) mass is 285 g/mol. The third kappa shape index (κ3) is 2.69. The number of hydrogen-bond donors (Lipinski definition) is 2. The Morgan fingerprint density at radius 2 is 2.24 bits per heavy atom. The molecule has 2 N–H and O–H groups in total. The number of benzene rings is 1. The van der Waals surface area contributed by atoms with Gasteiger partial charge in [-0.2, -0.15) is 0 Å². The van der Waals surface area contributed by atoms with E-state index in [1.165, 1.54) is 6.39 Å². The van der Waals surface area contributed by atoms with E-state index in [-0.39, 0.29) is 5.91 Å². The second-order valence-electron chi connectivity index (χ2n) is 5.36. The summed E-state index contributed by atoms with van der Waals surface area (Å²) >= 11 is 0. The molecule has 1 amide bonds. The quantitative estimate of drug-likeness (QED) is 0.906. The molecule has 1 aliphatic heterocycles. The van der Waals surface area contributed by atoms with Crippen LogP contribution in [0, 0.1) is 0 Å². The highest BCUT2D eigenvalue weighted by atomic mass is 16.3. The molecule has 1 atom stereocenters. The van der Waals surface area contributed by atoms with Crippen LogP contribution in [0.3, 0.4) is 0 Å². The van der Waals surface area contributed by atoms with Crippen LogP contribution in [0.15, 0.2) is 41.3 Å². The van der Waals surface area contributed by atoms with Crippen LogP contribution in [0.4, 0.5) is 5.69 Å². The van der Waals surface area contributed by atoms with E-state index >= 15 is 0 Å². The molecule has 1 aliphatic rings. The molecule has 3 rings (SSSR count). The lowest BCUT2D eigenvalue weighted by Crippen LogP contribution is -2.50. The van der Waals surface area contributed by atoms with Crippen LogP contribution in [0.25, 0.3) is 11.3 Å². The predicted octanol–water partition coefficient (Wildman–Crippen LogP) is 2.81. The van der Waals surface area contributed by atoms with Crippen LogP contribution in [-0.2, 0) is 4.79 Å². The first-order valence-electron chi connectivity index (χ1n) is 7.29. The number of nitrogens with one attached hydrogen (secondary N) is 2. The van der Waals surface area contributed by atoms with Gasteiger partial charge in [-0.3, -0.25) is 4.79 Å². The SMILES string of the molecule is CCC1(C(=O)Nc2ccc(-c3cnco3)cc2)CCCN1. The first-order chi connectivity index (χ1) is 10.2. The van der Waals surface area contributed by atoms with Gasteiger partial charge in [0.2, 0.25) is 5.91 Å². The summed E-state index contributed by atoms with van der Waals surface area (Å²) < 4.78 is 5.25. The smallest absolute Gasteiger partial charge is 0.244 e. The number of aromatic nitrogens is 1. The van der Waals surface area contributed by atoms with Crippen molar-refractivity contribution >= 4 is 11.6 Å². The Kier molecular flexibility index (Phi) is 3.75. The van der Waals surface area contributed by atoms with Crippen molar-refractivity contribution in [3.8, 4) is 11.3 Å². The minimum absolute atomic E-state index is 0.0508. The second kappa shape index (κ2) is 5.69. The van der Waals surface area contributed by atoms with Gasteiger partial charge in [-0.05, 0) is 50.1 Å². The van der Waals surface area contributed by atoms with Crippen molar-refractivity contribution in [1.82, 2.24) is 10.3 Å². The third-order valence-corrected chi connectivity index (χ3v) is 4.14. The van der Waals surface area contributed by atoms with Crippen LogP contribution >= 0.6 is 0 Å². The molecule has 1 unspecified atom stereocenters. The van der Waals surface area contributed by atoms with Crippen molar-refractivity contribution < 1.29 is 9.21 Å². The summed E-state index contributed by atoms with van der Waals surface area (Å²) in [4.78, 5) is 16.4. The van der Waals surface area contributed by atoms with Gasteiger partial charge in [0.1, 0.15) is 0 Å². The minimum atomic E-state index is -0.413. The molecule has 1 aromatic heterocycles. The summed E-state index contributed by atoms with van der Waals surface area (Å²) in [6, 6.07) is 7.59. The standard InChI is InChI=1S/C16H19N3O2/c1-2-16(8-3-9-18-16)15(20)19-13-6-4-12(5-7-13)14-10-17-11-21-14/h4-7,10-11,18H,2-3,8-9H2,1H3,(H,19,20). The molecule has 21 heavy (non-hydrogen) atoms. The highest BCUT2D eigenvalue weighted by Crippen LogP contribution is 2.26. The number of nitrogens with zero attached hydrogens (tertiary/aromatic N) is 1. The van der Waals surface area contributed by atoms with E-state index in [9.17, 15) is 4.79 Å². The fourth-order valence-corrected chi connectivity index (χ4v) is 2.79. The lowest BCUT2D eigenvalue weighted by atomic mass is 9.93. The summed E-state index contributed by atoms with van der Waals surface area (Å²) in [7, 11) is 0. The van der Waals surface area contributed by atoms with E-state index in [2.05, 4.69) is 15.6 Å². The first-order valence-corrected chi connectivity index (χ1v) is 7.29. The average molecular weight is 285 g/mol. The molecule has 2 heterocycles. The molecule has 1 fully saturated rings. The maximum Gasteiger partial charge on any atom is 0.244 e. The van der Waals surface area contributed by atoms with Crippen LogP contribution in [0.2, 0.25) is 0 Å². The van der Waals surface area contributed by atoms with E-state index in [0.717, 1.165) is 42.8 Å². The van der Waals surface area contributed by atoms with Gasteiger partial charge in [0, 0.05) is 11.3 Å². The molecule has 0 saturated carbocycles. The summed E-state index contributed by atoms with van der Waals surface area (Å²) in [5.41, 5.74) is 1.32.